The molecule has 7 nitrogen and oxygen atoms in total. The maximum atomic E-state index is 11.4. The highest BCUT2D eigenvalue weighted by atomic mass is 16.7. The molecule has 94 valence electrons. The molecule has 0 saturated heterocycles. The second-order valence-electron chi connectivity index (χ2n) is 3.57. The average molecular weight is 241 g/mol. The minimum absolute atomic E-state index is 0.0831. The Morgan fingerprint density at radius 2 is 2.06 bits per heavy atom. The lowest BCUT2D eigenvalue weighted by atomic mass is 10.1. The van der Waals surface area contributed by atoms with Gasteiger partial charge in [0.05, 0.1) is 0 Å². The van der Waals surface area contributed by atoms with Crippen LogP contribution in [0.4, 0.5) is 0 Å². The fourth-order valence-corrected chi connectivity index (χ4v) is 1.69. The van der Waals surface area contributed by atoms with Crippen LogP contribution in [-0.2, 0) is 19.2 Å². The first kappa shape index (κ1) is 13.3. The van der Waals surface area contributed by atoms with Gasteiger partial charge >= 0.3 is 5.97 Å². The summed E-state index contributed by atoms with van der Waals surface area (Å²) in [6.45, 7) is 1.84. The number of hydrazine groups is 1. The summed E-state index contributed by atoms with van der Waals surface area (Å²) in [7, 11) is 0. The van der Waals surface area contributed by atoms with Crippen LogP contribution in [0.25, 0.3) is 0 Å². The summed E-state index contributed by atoms with van der Waals surface area (Å²) in [6, 6.07) is -0.296. The summed E-state index contributed by atoms with van der Waals surface area (Å²) in [5.41, 5.74) is 1.79. The quantitative estimate of drug-likeness (QED) is 0.365. The van der Waals surface area contributed by atoms with Crippen LogP contribution in [0.2, 0.25) is 0 Å². The maximum Gasteiger partial charge on any atom is 0.326 e. The van der Waals surface area contributed by atoms with Gasteiger partial charge in [0.15, 0.2) is 0 Å². The van der Waals surface area contributed by atoms with Gasteiger partial charge in [-0.25, -0.2) is 5.84 Å². The molecule has 0 fully saturated rings. The summed E-state index contributed by atoms with van der Waals surface area (Å²) in [5.74, 6) is 3.60. The maximum absolute atomic E-state index is 11.4. The number of carbonyl (C=O) groups excluding carboxylic acids is 3. The summed E-state index contributed by atoms with van der Waals surface area (Å²) >= 11 is 0. The molecule has 3 N–H and O–H groups in total. The molecule has 0 bridgehead atoms. The Bertz CT molecular complexity index is 335. The van der Waals surface area contributed by atoms with Gasteiger partial charge in [-0.2, -0.15) is 0 Å². The zero-order valence-corrected chi connectivity index (χ0v) is 9.51. The van der Waals surface area contributed by atoms with Crippen molar-refractivity contribution in [3.63, 3.8) is 0 Å². The van der Waals surface area contributed by atoms with E-state index in [4.69, 9.17) is 5.84 Å². The Labute approximate surface area is 98.5 Å². The normalized spacial score (nSPS) is 16.5. The van der Waals surface area contributed by atoms with Crippen LogP contribution < -0.4 is 11.4 Å². The smallest absolute Gasteiger partial charge is 0.326 e. The van der Waals surface area contributed by atoms with E-state index in [1.54, 1.807) is 5.59 Å². The summed E-state index contributed by atoms with van der Waals surface area (Å²) in [4.78, 5) is 39.4. The lowest BCUT2D eigenvalue weighted by Gasteiger charge is -2.24. The molecular formula is C10H15N3O4. The number of imide groups is 1. The lowest BCUT2D eigenvalue weighted by molar-refractivity contribution is -0.152. The summed E-state index contributed by atoms with van der Waals surface area (Å²) in [6.07, 6.45) is 3.48. The number of nitrogens with two attached hydrogens (primary N) is 1. The van der Waals surface area contributed by atoms with Gasteiger partial charge in [-0.1, -0.05) is 12.5 Å². The summed E-state index contributed by atoms with van der Waals surface area (Å²) < 4.78 is 0. The van der Waals surface area contributed by atoms with Crippen LogP contribution in [0.5, 0.6) is 0 Å². The number of nitrogens with zero attached hydrogens (tertiary/aromatic N) is 1. The third kappa shape index (κ3) is 3.36. The molecule has 1 rings (SSSR count). The second kappa shape index (κ2) is 6.12. The predicted molar refractivity (Wildman–Crippen MR) is 57.7 cm³/mol. The van der Waals surface area contributed by atoms with Gasteiger partial charge in [0.25, 0.3) is 11.8 Å². The first-order valence-electron chi connectivity index (χ1n) is 5.30. The molecule has 0 aliphatic carbocycles. The monoisotopic (exact) mass is 241 g/mol. The minimum Gasteiger partial charge on any atom is -0.356 e. The van der Waals surface area contributed by atoms with Gasteiger partial charge in [-0.3, -0.25) is 19.3 Å². The van der Waals surface area contributed by atoms with Crippen molar-refractivity contribution in [3.05, 3.63) is 12.2 Å². The van der Waals surface area contributed by atoms with E-state index in [9.17, 15) is 14.4 Å². The van der Waals surface area contributed by atoms with Crippen molar-refractivity contribution in [1.82, 2.24) is 10.5 Å². The Morgan fingerprint density at radius 1 is 1.47 bits per heavy atom. The molecule has 1 unspecified atom stereocenters. The Hall–Kier alpha value is -1.73. The van der Waals surface area contributed by atoms with Crippen LogP contribution in [-0.4, -0.2) is 28.7 Å². The standard InChI is InChI=1S/C10H15N3O4/c1-2-7(3-6-10(16)17-12-11)13-8(14)4-5-9(13)15/h4-5,7,12H,2-3,6,11H2,1H3. The van der Waals surface area contributed by atoms with Crippen molar-refractivity contribution in [3.8, 4) is 0 Å². The molecule has 7 heteroatoms. The van der Waals surface area contributed by atoms with E-state index in [1.807, 2.05) is 6.92 Å². The van der Waals surface area contributed by atoms with Crippen molar-refractivity contribution in [2.75, 3.05) is 0 Å². The topological polar surface area (TPSA) is 102 Å². The molecule has 0 saturated carbocycles. The van der Waals surface area contributed by atoms with E-state index in [0.717, 1.165) is 4.90 Å². The number of rotatable bonds is 6. The zero-order valence-electron chi connectivity index (χ0n) is 9.51. The molecule has 0 aromatic carbocycles. The number of amides is 2. The van der Waals surface area contributed by atoms with Crippen molar-refractivity contribution in [2.45, 2.75) is 32.2 Å². The highest BCUT2D eigenvalue weighted by Crippen LogP contribution is 2.16. The summed E-state index contributed by atoms with van der Waals surface area (Å²) in [5, 5.41) is 0. The van der Waals surface area contributed by atoms with Crippen LogP contribution in [0, 0.1) is 0 Å². The van der Waals surface area contributed by atoms with Gasteiger partial charge in [0.2, 0.25) is 0 Å². The lowest BCUT2D eigenvalue weighted by Crippen LogP contribution is -2.40. The van der Waals surface area contributed by atoms with Gasteiger partial charge in [-0.05, 0) is 12.8 Å². The molecule has 1 aliphatic heterocycles. The van der Waals surface area contributed by atoms with Crippen molar-refractivity contribution >= 4 is 17.8 Å². The third-order valence-electron chi connectivity index (χ3n) is 2.53. The molecule has 0 radical (unpaired) electrons. The minimum atomic E-state index is -0.530. The Balaban J connectivity index is 2.52. The SMILES string of the molecule is CCC(CCC(=O)ONN)N1C(=O)C=CC1=O. The Kier molecular flexibility index (Phi) is 4.80. The number of hydrogen-bond donors (Lipinski definition) is 2. The van der Waals surface area contributed by atoms with Gasteiger partial charge < -0.3 is 4.84 Å². The fraction of sp³-hybridized carbons (Fsp3) is 0.500. The van der Waals surface area contributed by atoms with Gasteiger partial charge in [-0.15, -0.1) is 0 Å². The molecule has 1 heterocycles. The van der Waals surface area contributed by atoms with Crippen molar-refractivity contribution < 1.29 is 19.2 Å². The van der Waals surface area contributed by atoms with Gasteiger partial charge in [0.1, 0.15) is 0 Å². The van der Waals surface area contributed by atoms with Crippen molar-refractivity contribution in [2.24, 2.45) is 5.84 Å². The van der Waals surface area contributed by atoms with Crippen LogP contribution in [0.3, 0.4) is 0 Å². The van der Waals surface area contributed by atoms with Crippen molar-refractivity contribution in [1.29, 1.82) is 0 Å². The predicted octanol–water partition coefficient (Wildman–Crippen LogP) is -0.608. The number of nitrogens with one attached hydrogen (secondary N) is 1. The average Bonchev–Trinajstić information content (AvgIpc) is 2.62. The highest BCUT2D eigenvalue weighted by molar-refractivity contribution is 6.13. The molecule has 2 amide bonds. The van der Waals surface area contributed by atoms with E-state index in [1.165, 1.54) is 12.2 Å². The molecule has 1 aliphatic rings. The molecule has 17 heavy (non-hydrogen) atoms. The van der Waals surface area contributed by atoms with Crippen LogP contribution in [0.15, 0.2) is 12.2 Å². The molecular weight excluding hydrogens is 226 g/mol. The van der Waals surface area contributed by atoms with E-state index >= 15 is 0 Å². The van der Waals surface area contributed by atoms with Crippen LogP contribution >= 0.6 is 0 Å². The number of carbonyl (C=O) groups is 3. The number of hydrogen-bond acceptors (Lipinski definition) is 6. The third-order valence-corrected chi connectivity index (χ3v) is 2.53. The van der Waals surface area contributed by atoms with E-state index in [-0.39, 0.29) is 24.3 Å². The highest BCUT2D eigenvalue weighted by Gasteiger charge is 2.30. The molecule has 0 aromatic heterocycles. The fourth-order valence-electron chi connectivity index (χ4n) is 1.69. The van der Waals surface area contributed by atoms with Gasteiger partial charge in [0, 0.05) is 24.6 Å². The first-order chi connectivity index (χ1) is 8.10. The molecule has 0 spiro atoms. The largest absolute Gasteiger partial charge is 0.356 e. The Morgan fingerprint density at radius 3 is 2.53 bits per heavy atom. The van der Waals surface area contributed by atoms with E-state index in [2.05, 4.69) is 4.84 Å². The zero-order chi connectivity index (χ0) is 12.8. The van der Waals surface area contributed by atoms with E-state index < -0.39 is 5.97 Å². The van der Waals surface area contributed by atoms with E-state index in [0.29, 0.717) is 12.8 Å². The van der Waals surface area contributed by atoms with Crippen LogP contribution in [0.1, 0.15) is 26.2 Å². The molecule has 0 aromatic rings. The second-order valence-corrected chi connectivity index (χ2v) is 3.57. The molecule has 1 atom stereocenters. The first-order valence-corrected chi connectivity index (χ1v) is 5.30.